The molecule has 0 aromatic heterocycles. The molecule has 0 amide bonds. The van der Waals surface area contributed by atoms with Crippen LogP contribution in [0.3, 0.4) is 0 Å². The molecular weight excluding hydrogens is 154 g/mol. The third kappa shape index (κ3) is 4.01. The second-order valence-electron chi connectivity index (χ2n) is 2.91. The van der Waals surface area contributed by atoms with Gasteiger partial charge in [-0.2, -0.15) is 0 Å². The Morgan fingerprint density at radius 1 is 1.42 bits per heavy atom. The van der Waals surface area contributed by atoms with Crippen molar-refractivity contribution >= 4 is 5.97 Å². The highest BCUT2D eigenvalue weighted by Gasteiger charge is 2.04. The predicted octanol–water partition coefficient (Wildman–Crippen LogP) is 1.88. The first kappa shape index (κ1) is 11.0. The standard InChI is InChI=1S/C9H17NO2/c1-3-4-5-6-8(10)7(2)9(11)12/h3-6,10H2,1-2H3,(H,11,12)/b8-7+. The Morgan fingerprint density at radius 3 is 2.42 bits per heavy atom. The molecule has 3 heteroatoms. The SMILES string of the molecule is CCCCC/C(N)=C(/C)C(=O)O. The first-order valence-corrected chi connectivity index (χ1v) is 4.28. The summed E-state index contributed by atoms with van der Waals surface area (Å²) < 4.78 is 0. The van der Waals surface area contributed by atoms with Crippen LogP contribution in [0.2, 0.25) is 0 Å². The molecule has 0 heterocycles. The Bertz CT molecular complexity index is 185. The number of carboxylic acid groups (broad SMARTS) is 1. The molecular formula is C9H17NO2. The van der Waals surface area contributed by atoms with Crippen LogP contribution >= 0.6 is 0 Å². The normalized spacial score (nSPS) is 12.5. The number of carbonyl (C=O) groups is 1. The lowest BCUT2D eigenvalue weighted by molar-refractivity contribution is -0.132. The van der Waals surface area contributed by atoms with Crippen LogP contribution in [0.5, 0.6) is 0 Å². The summed E-state index contributed by atoms with van der Waals surface area (Å²) in [4.78, 5) is 10.4. The van der Waals surface area contributed by atoms with Crippen LogP contribution in [0.15, 0.2) is 11.3 Å². The molecule has 0 aromatic rings. The van der Waals surface area contributed by atoms with E-state index in [2.05, 4.69) is 6.92 Å². The van der Waals surface area contributed by atoms with E-state index < -0.39 is 5.97 Å². The van der Waals surface area contributed by atoms with Gasteiger partial charge in [0.2, 0.25) is 0 Å². The van der Waals surface area contributed by atoms with Gasteiger partial charge in [-0.25, -0.2) is 4.79 Å². The van der Waals surface area contributed by atoms with E-state index in [-0.39, 0.29) is 5.57 Å². The van der Waals surface area contributed by atoms with Gasteiger partial charge in [-0.05, 0) is 19.8 Å². The van der Waals surface area contributed by atoms with Gasteiger partial charge in [0, 0.05) is 5.70 Å². The fraction of sp³-hybridized carbons (Fsp3) is 0.667. The Morgan fingerprint density at radius 2 is 2.00 bits per heavy atom. The van der Waals surface area contributed by atoms with E-state index >= 15 is 0 Å². The summed E-state index contributed by atoms with van der Waals surface area (Å²) in [5.74, 6) is -0.913. The second-order valence-corrected chi connectivity index (χ2v) is 2.91. The van der Waals surface area contributed by atoms with Gasteiger partial charge < -0.3 is 10.8 Å². The van der Waals surface area contributed by atoms with Crippen molar-refractivity contribution in [2.75, 3.05) is 0 Å². The smallest absolute Gasteiger partial charge is 0.333 e. The molecule has 3 N–H and O–H groups in total. The molecule has 0 rings (SSSR count). The molecule has 0 saturated heterocycles. The van der Waals surface area contributed by atoms with Crippen LogP contribution < -0.4 is 5.73 Å². The predicted molar refractivity (Wildman–Crippen MR) is 48.7 cm³/mol. The average molecular weight is 171 g/mol. The third-order valence-electron chi connectivity index (χ3n) is 1.85. The van der Waals surface area contributed by atoms with Crippen LogP contribution in [-0.2, 0) is 4.79 Å². The number of nitrogens with two attached hydrogens (primary N) is 1. The average Bonchev–Trinajstić information content (AvgIpc) is 2.03. The Labute approximate surface area is 73.3 Å². The van der Waals surface area contributed by atoms with Crippen molar-refractivity contribution in [3.8, 4) is 0 Å². The maximum Gasteiger partial charge on any atom is 0.333 e. The van der Waals surface area contributed by atoms with Gasteiger partial charge in [0.05, 0.1) is 5.57 Å². The number of aliphatic carboxylic acids is 1. The fourth-order valence-electron chi connectivity index (χ4n) is 0.890. The highest BCUT2D eigenvalue weighted by Crippen LogP contribution is 2.08. The zero-order chi connectivity index (χ0) is 9.56. The number of rotatable bonds is 5. The van der Waals surface area contributed by atoms with Crippen molar-refractivity contribution < 1.29 is 9.90 Å². The molecule has 0 fully saturated rings. The van der Waals surface area contributed by atoms with E-state index in [0.717, 1.165) is 19.3 Å². The van der Waals surface area contributed by atoms with Crippen LogP contribution in [0, 0.1) is 0 Å². The molecule has 12 heavy (non-hydrogen) atoms. The highest BCUT2D eigenvalue weighted by molar-refractivity contribution is 5.86. The van der Waals surface area contributed by atoms with Crippen LogP contribution in [0.25, 0.3) is 0 Å². The van der Waals surface area contributed by atoms with E-state index in [9.17, 15) is 4.79 Å². The molecule has 0 unspecified atom stereocenters. The van der Waals surface area contributed by atoms with Gasteiger partial charge in [-0.3, -0.25) is 0 Å². The molecule has 0 aromatic carbocycles. The van der Waals surface area contributed by atoms with Crippen LogP contribution in [0.4, 0.5) is 0 Å². The minimum Gasteiger partial charge on any atom is -0.478 e. The summed E-state index contributed by atoms with van der Waals surface area (Å²) in [7, 11) is 0. The largest absolute Gasteiger partial charge is 0.478 e. The highest BCUT2D eigenvalue weighted by atomic mass is 16.4. The van der Waals surface area contributed by atoms with E-state index in [0.29, 0.717) is 12.1 Å². The van der Waals surface area contributed by atoms with Crippen LogP contribution in [-0.4, -0.2) is 11.1 Å². The summed E-state index contributed by atoms with van der Waals surface area (Å²) in [5, 5.41) is 8.57. The summed E-state index contributed by atoms with van der Waals surface area (Å²) in [6.07, 6.45) is 3.91. The van der Waals surface area contributed by atoms with Gasteiger partial charge >= 0.3 is 5.97 Å². The summed E-state index contributed by atoms with van der Waals surface area (Å²) in [6.45, 7) is 3.65. The number of hydrogen-bond donors (Lipinski definition) is 2. The second kappa shape index (κ2) is 5.63. The van der Waals surface area contributed by atoms with Gasteiger partial charge in [-0.15, -0.1) is 0 Å². The monoisotopic (exact) mass is 171 g/mol. The maximum absolute atomic E-state index is 10.4. The lowest BCUT2D eigenvalue weighted by Crippen LogP contribution is -2.07. The first-order valence-electron chi connectivity index (χ1n) is 4.28. The van der Waals surface area contributed by atoms with Crippen molar-refractivity contribution in [3.63, 3.8) is 0 Å². The molecule has 0 aliphatic carbocycles. The molecule has 0 bridgehead atoms. The van der Waals surface area contributed by atoms with Crippen LogP contribution in [0.1, 0.15) is 39.5 Å². The van der Waals surface area contributed by atoms with Gasteiger partial charge in [0.15, 0.2) is 0 Å². The third-order valence-corrected chi connectivity index (χ3v) is 1.85. The number of carboxylic acids is 1. The first-order chi connectivity index (χ1) is 5.59. The van der Waals surface area contributed by atoms with Crippen molar-refractivity contribution in [1.29, 1.82) is 0 Å². The number of allylic oxidation sites excluding steroid dienone is 1. The lowest BCUT2D eigenvalue weighted by atomic mass is 10.1. The maximum atomic E-state index is 10.4. The van der Waals surface area contributed by atoms with Crippen molar-refractivity contribution in [1.82, 2.24) is 0 Å². The zero-order valence-corrected chi connectivity index (χ0v) is 7.76. The number of hydrogen-bond acceptors (Lipinski definition) is 2. The zero-order valence-electron chi connectivity index (χ0n) is 7.76. The van der Waals surface area contributed by atoms with Crippen molar-refractivity contribution in [3.05, 3.63) is 11.3 Å². The summed E-state index contributed by atoms with van der Waals surface area (Å²) in [6, 6.07) is 0. The van der Waals surface area contributed by atoms with E-state index in [1.54, 1.807) is 6.92 Å². The minimum absolute atomic E-state index is 0.283. The Balaban J connectivity index is 3.91. The summed E-state index contributed by atoms with van der Waals surface area (Å²) >= 11 is 0. The van der Waals surface area contributed by atoms with Crippen molar-refractivity contribution in [2.45, 2.75) is 39.5 Å². The molecule has 0 atom stereocenters. The van der Waals surface area contributed by atoms with E-state index in [4.69, 9.17) is 10.8 Å². The fourth-order valence-corrected chi connectivity index (χ4v) is 0.890. The Kier molecular flexibility index (Phi) is 5.17. The lowest BCUT2D eigenvalue weighted by Gasteiger charge is -2.02. The van der Waals surface area contributed by atoms with Gasteiger partial charge in [0.25, 0.3) is 0 Å². The molecule has 0 spiro atoms. The number of unbranched alkanes of at least 4 members (excludes halogenated alkanes) is 2. The molecule has 0 aliphatic rings. The Hall–Kier alpha value is -0.990. The molecule has 3 nitrogen and oxygen atoms in total. The molecule has 0 saturated carbocycles. The molecule has 0 radical (unpaired) electrons. The molecule has 70 valence electrons. The quantitative estimate of drug-likeness (QED) is 0.490. The molecule has 0 aliphatic heterocycles. The van der Waals surface area contributed by atoms with Crippen molar-refractivity contribution in [2.24, 2.45) is 5.73 Å². The van der Waals surface area contributed by atoms with Gasteiger partial charge in [-0.1, -0.05) is 19.8 Å². The summed E-state index contributed by atoms with van der Waals surface area (Å²) in [5.41, 5.74) is 6.35. The van der Waals surface area contributed by atoms with E-state index in [1.165, 1.54) is 0 Å². The topological polar surface area (TPSA) is 63.3 Å². The van der Waals surface area contributed by atoms with Gasteiger partial charge in [0.1, 0.15) is 0 Å². The minimum atomic E-state index is -0.913. The van der Waals surface area contributed by atoms with E-state index in [1.807, 2.05) is 0 Å².